The maximum atomic E-state index is 14.7. The number of nitrogen functional groups attached to an aromatic ring is 1. The van der Waals surface area contributed by atoms with Crippen LogP contribution in [0.5, 0.6) is 11.6 Å². The molecule has 0 saturated carbocycles. The summed E-state index contributed by atoms with van der Waals surface area (Å²) >= 11 is 0. The summed E-state index contributed by atoms with van der Waals surface area (Å²) in [7, 11) is -0.298. The number of halogens is 3. The third-order valence-electron chi connectivity index (χ3n) is 5.52. The highest BCUT2D eigenvalue weighted by atomic mass is 32.2. The fourth-order valence-electron chi connectivity index (χ4n) is 3.66. The Morgan fingerprint density at radius 3 is 2.54 bits per heavy atom. The summed E-state index contributed by atoms with van der Waals surface area (Å²) in [5.74, 6) is -5.36. The maximum Gasteiger partial charge on any atom is 0.228 e. The molecule has 0 bridgehead atoms. The van der Waals surface area contributed by atoms with Crippen molar-refractivity contribution in [1.82, 2.24) is 30.0 Å². The molecule has 1 unspecified atom stereocenters. The molecule has 10 nitrogen and oxygen atoms in total. The average molecular weight is 561 g/mol. The number of rotatable bonds is 7. The van der Waals surface area contributed by atoms with E-state index in [1.54, 1.807) is 31.4 Å². The van der Waals surface area contributed by atoms with Gasteiger partial charge in [0.2, 0.25) is 17.6 Å². The molecule has 14 heteroatoms. The lowest BCUT2D eigenvalue weighted by atomic mass is 10.2. The van der Waals surface area contributed by atoms with E-state index in [1.165, 1.54) is 55.5 Å². The van der Waals surface area contributed by atoms with Crippen LogP contribution in [-0.4, -0.2) is 42.0 Å². The van der Waals surface area contributed by atoms with E-state index in [1.807, 2.05) is 0 Å². The topological polar surface area (TPSA) is 133 Å². The monoisotopic (exact) mass is 560 g/mol. The third-order valence-corrected chi connectivity index (χ3v) is 6.51. The second-order valence-electron chi connectivity index (χ2n) is 8.50. The van der Waals surface area contributed by atoms with Crippen molar-refractivity contribution in [1.29, 1.82) is 0 Å². The number of nitrogens with two attached hydrogens (primary N) is 1. The first-order chi connectivity index (χ1) is 18.8. The van der Waals surface area contributed by atoms with Crippen LogP contribution in [0.1, 0.15) is 25.0 Å². The Balaban J connectivity index is 0.000000519. The number of anilines is 2. The Morgan fingerprint density at radius 2 is 1.90 bits per heavy atom. The lowest BCUT2D eigenvalue weighted by Crippen LogP contribution is -2.21. The number of hydrogen-bond donors (Lipinski definition) is 3. The first kappa shape index (κ1) is 28.0. The Kier molecular flexibility index (Phi) is 9.44. The van der Waals surface area contributed by atoms with Crippen LogP contribution in [-0.2, 0) is 23.8 Å². The van der Waals surface area contributed by atoms with E-state index in [4.69, 9.17) is 10.5 Å². The number of aromatic nitrogens is 5. The van der Waals surface area contributed by atoms with E-state index in [0.717, 1.165) is 0 Å². The van der Waals surface area contributed by atoms with E-state index in [0.29, 0.717) is 23.0 Å². The molecule has 1 saturated heterocycles. The van der Waals surface area contributed by atoms with Gasteiger partial charge in [-0.15, -0.1) is 0 Å². The molecular formula is C25H27F3N8O2S. The molecular weight excluding hydrogens is 533 g/mol. The van der Waals surface area contributed by atoms with Crippen LogP contribution in [0.25, 0.3) is 11.3 Å². The summed E-state index contributed by atoms with van der Waals surface area (Å²) in [6, 6.07) is 6.88. The van der Waals surface area contributed by atoms with Crippen LogP contribution in [0.2, 0.25) is 0 Å². The van der Waals surface area contributed by atoms with Crippen molar-refractivity contribution in [3.05, 3.63) is 72.1 Å². The van der Waals surface area contributed by atoms with Gasteiger partial charge >= 0.3 is 0 Å². The minimum atomic E-state index is -1.96. The highest BCUT2D eigenvalue weighted by Crippen LogP contribution is 2.35. The van der Waals surface area contributed by atoms with Crippen LogP contribution >= 0.6 is 0 Å². The molecule has 4 aromatic rings. The molecule has 1 atom stereocenters. The van der Waals surface area contributed by atoms with Gasteiger partial charge in [-0.1, -0.05) is 6.42 Å². The number of hydrogen-bond acceptors (Lipinski definition) is 8. The van der Waals surface area contributed by atoms with Crippen LogP contribution in [0.4, 0.5) is 24.8 Å². The van der Waals surface area contributed by atoms with Gasteiger partial charge in [0, 0.05) is 31.7 Å². The highest BCUT2D eigenvalue weighted by molar-refractivity contribution is 7.85. The van der Waals surface area contributed by atoms with Gasteiger partial charge in [-0.05, 0) is 50.2 Å². The van der Waals surface area contributed by atoms with Gasteiger partial charge in [-0.3, -0.25) is 9.40 Å². The third kappa shape index (κ3) is 7.51. The molecule has 3 aromatic heterocycles. The molecule has 4 N–H and O–H groups in total. The molecule has 5 rings (SSSR count). The largest absolute Gasteiger partial charge is 0.435 e. The fraction of sp³-hybridized carbons (Fsp3) is 0.280. The molecule has 4 heterocycles. The Morgan fingerprint density at radius 1 is 1.10 bits per heavy atom. The van der Waals surface area contributed by atoms with Crippen LogP contribution in [0, 0.1) is 17.5 Å². The Labute approximate surface area is 225 Å². The summed E-state index contributed by atoms with van der Waals surface area (Å²) in [6.45, 7) is 2.50. The van der Waals surface area contributed by atoms with Crippen molar-refractivity contribution < 1.29 is 22.1 Å². The van der Waals surface area contributed by atoms with Crippen LogP contribution in [0.15, 0.2) is 48.9 Å². The molecule has 206 valence electrons. The predicted octanol–water partition coefficient (Wildman–Crippen LogP) is 4.10. The number of aryl methyl sites for hydroxylation is 1. The Bertz CT molecular complexity index is 1440. The first-order valence-corrected chi connectivity index (χ1v) is 13.4. The highest BCUT2D eigenvalue weighted by Gasteiger charge is 2.23. The zero-order chi connectivity index (χ0) is 27.8. The van der Waals surface area contributed by atoms with Gasteiger partial charge < -0.3 is 15.8 Å². The van der Waals surface area contributed by atoms with Crippen molar-refractivity contribution in [3.63, 3.8) is 0 Å². The second-order valence-corrected chi connectivity index (χ2v) is 9.68. The number of nitrogens with zero attached hydrogens (tertiary/aromatic N) is 5. The zero-order valence-corrected chi connectivity index (χ0v) is 21.8. The lowest BCUT2D eigenvalue weighted by molar-refractivity contribution is 0.401. The van der Waals surface area contributed by atoms with Gasteiger partial charge in [0.25, 0.3) is 0 Å². The predicted molar refractivity (Wildman–Crippen MR) is 141 cm³/mol. The molecule has 0 spiro atoms. The number of ether oxygens (including phenoxy) is 1. The van der Waals surface area contributed by atoms with Crippen molar-refractivity contribution in [2.24, 2.45) is 7.05 Å². The lowest BCUT2D eigenvalue weighted by Gasteiger charge is -2.13. The summed E-state index contributed by atoms with van der Waals surface area (Å²) < 4.78 is 65.2. The number of piperidine rings is 1. The minimum Gasteiger partial charge on any atom is -0.435 e. The fourth-order valence-corrected chi connectivity index (χ4v) is 4.57. The first-order valence-electron chi connectivity index (χ1n) is 12.1. The van der Waals surface area contributed by atoms with Gasteiger partial charge in [0.05, 0.1) is 22.7 Å². The summed E-state index contributed by atoms with van der Waals surface area (Å²) in [4.78, 5) is 11.8. The number of nitrogens with one attached hydrogen (secondary N) is 2. The van der Waals surface area contributed by atoms with Crippen molar-refractivity contribution in [2.75, 3.05) is 23.5 Å². The quantitative estimate of drug-likeness (QED) is 0.288. The maximum absolute atomic E-state index is 14.7. The normalized spacial score (nSPS) is 13.7. The van der Waals surface area contributed by atoms with Crippen molar-refractivity contribution in [2.45, 2.75) is 25.0 Å². The summed E-state index contributed by atoms with van der Waals surface area (Å²) in [6.07, 6.45) is 8.60. The van der Waals surface area contributed by atoms with Crippen LogP contribution in [0.3, 0.4) is 0 Å². The minimum absolute atomic E-state index is 0.0142. The molecule has 1 aromatic carbocycles. The average Bonchev–Trinajstić information content (AvgIpc) is 3.35. The van der Waals surface area contributed by atoms with Crippen molar-refractivity contribution in [3.8, 4) is 22.9 Å². The van der Waals surface area contributed by atoms with E-state index >= 15 is 0 Å². The van der Waals surface area contributed by atoms with E-state index in [-0.39, 0.29) is 17.6 Å². The van der Waals surface area contributed by atoms with Gasteiger partial charge in [0.15, 0.2) is 17.4 Å². The molecule has 1 aliphatic heterocycles. The molecule has 1 aliphatic rings. The van der Waals surface area contributed by atoms with Crippen molar-refractivity contribution >= 4 is 22.6 Å². The van der Waals surface area contributed by atoms with E-state index in [2.05, 4.69) is 30.1 Å². The number of pyridine rings is 1. The second kappa shape index (κ2) is 13.2. The Hall–Kier alpha value is -4.04. The molecule has 1 fully saturated rings. The van der Waals surface area contributed by atoms with Gasteiger partial charge in [0.1, 0.15) is 16.7 Å². The standard InChI is InChI=1S/C20H16F3N7O2S.C5H11N/c1-30-8-5-11(28-30)10-33(31)29-18-13(21)9-15(16(22)17(18)23)32-19-12(3-2-6-25-19)14-4-7-26-20(24)27-14;1-2-4-6-5-3-1/h2-9,29H,10H2,1H3,(H2,24,26,27);6H,1-5H2. The smallest absolute Gasteiger partial charge is 0.228 e. The van der Waals surface area contributed by atoms with Gasteiger partial charge in [-0.2, -0.15) is 9.49 Å². The molecule has 0 amide bonds. The van der Waals surface area contributed by atoms with Crippen LogP contribution < -0.4 is 20.5 Å². The van der Waals surface area contributed by atoms with E-state index in [9.17, 15) is 17.4 Å². The zero-order valence-electron chi connectivity index (χ0n) is 21.0. The summed E-state index contributed by atoms with van der Waals surface area (Å²) in [5.41, 5.74) is 5.74. The van der Waals surface area contributed by atoms with Gasteiger partial charge in [-0.25, -0.2) is 27.9 Å². The molecule has 0 aliphatic carbocycles. The molecule has 0 radical (unpaired) electrons. The van der Waals surface area contributed by atoms with E-state index < -0.39 is 39.9 Å². The summed E-state index contributed by atoms with van der Waals surface area (Å²) in [5, 5.41) is 7.32. The molecule has 39 heavy (non-hydrogen) atoms. The number of benzene rings is 1. The SMILES string of the molecule is C1CCNCC1.Cn1ccc(CS(=O)Nc2c(F)cc(Oc3ncccc3-c3ccnc(N)n3)c(F)c2F)n1.